The smallest absolute Gasteiger partial charge is 0.244 e. The second-order valence-electron chi connectivity index (χ2n) is 4.87. The Labute approximate surface area is 117 Å². The molecule has 7 heteroatoms. The van der Waals surface area contributed by atoms with Gasteiger partial charge in [-0.1, -0.05) is 18.2 Å². The number of carbonyl (C=O) groups excluding carboxylic acids is 2. The lowest BCUT2D eigenvalue weighted by Crippen LogP contribution is -2.43. The Balaban J connectivity index is 2.30. The Bertz CT molecular complexity index is 654. The fraction of sp³-hybridized carbons (Fsp3) is 0.385. The molecule has 0 aliphatic carbocycles. The first-order valence-corrected chi connectivity index (χ1v) is 8.10. The summed E-state index contributed by atoms with van der Waals surface area (Å²) in [6.45, 7) is 1.41. The maximum atomic E-state index is 12.2. The van der Waals surface area contributed by atoms with Crippen LogP contribution in [0, 0.1) is 0 Å². The molecule has 0 aromatic heterocycles. The molecule has 0 bridgehead atoms. The molecule has 0 spiro atoms. The first-order chi connectivity index (χ1) is 9.29. The topological polar surface area (TPSA) is 83.6 Å². The van der Waals surface area contributed by atoms with Crippen LogP contribution in [0.5, 0.6) is 0 Å². The third-order valence-electron chi connectivity index (χ3n) is 3.29. The van der Waals surface area contributed by atoms with E-state index in [-0.39, 0.29) is 19.0 Å². The molecule has 1 unspecified atom stereocenters. The van der Waals surface area contributed by atoms with Crippen molar-refractivity contribution in [2.24, 2.45) is 0 Å². The Hall–Kier alpha value is -1.89. The molecule has 2 rings (SSSR count). The summed E-state index contributed by atoms with van der Waals surface area (Å²) in [5, 5.41) is 1.55. The van der Waals surface area contributed by atoms with Gasteiger partial charge in [0.1, 0.15) is 11.8 Å². The molecule has 1 aromatic rings. The number of hydrogen-bond acceptors (Lipinski definition) is 4. The van der Waals surface area contributed by atoms with Crippen LogP contribution >= 0.6 is 0 Å². The van der Waals surface area contributed by atoms with Gasteiger partial charge in [0.15, 0.2) is 9.84 Å². The second kappa shape index (κ2) is 5.24. The largest absolute Gasteiger partial charge is 0.328 e. The van der Waals surface area contributed by atoms with E-state index in [9.17, 15) is 18.0 Å². The monoisotopic (exact) mass is 296 g/mol. The van der Waals surface area contributed by atoms with Crippen LogP contribution in [0.2, 0.25) is 0 Å². The van der Waals surface area contributed by atoms with Crippen LogP contribution in [-0.4, -0.2) is 43.2 Å². The molecular weight excluding hydrogens is 280 g/mol. The van der Waals surface area contributed by atoms with E-state index in [4.69, 9.17) is 0 Å². The van der Waals surface area contributed by atoms with Gasteiger partial charge in [-0.2, -0.15) is 0 Å². The van der Waals surface area contributed by atoms with E-state index >= 15 is 0 Å². The quantitative estimate of drug-likeness (QED) is 0.856. The SMILES string of the molecule is CC(C(=O)N1CC(=O)Nc2ccccc2C1)S(C)(=O)=O. The standard InChI is InChI=1S/C13H16N2O4S/c1-9(20(2,18)19)13(17)15-7-10-5-3-4-6-11(10)14-12(16)8-15/h3-6,9H,7-8H2,1-2H3,(H,14,16). The highest BCUT2D eigenvalue weighted by molar-refractivity contribution is 7.92. The van der Waals surface area contributed by atoms with Gasteiger partial charge < -0.3 is 10.2 Å². The highest BCUT2D eigenvalue weighted by Gasteiger charge is 2.31. The average molecular weight is 296 g/mol. The number of anilines is 1. The van der Waals surface area contributed by atoms with Gasteiger partial charge in [-0.25, -0.2) is 8.42 Å². The number of nitrogens with zero attached hydrogens (tertiary/aromatic N) is 1. The third kappa shape index (κ3) is 2.98. The van der Waals surface area contributed by atoms with E-state index in [1.807, 2.05) is 0 Å². The van der Waals surface area contributed by atoms with Crippen molar-refractivity contribution in [1.82, 2.24) is 4.90 Å². The normalized spacial score (nSPS) is 16.9. The minimum Gasteiger partial charge on any atom is -0.328 e. The number of nitrogens with one attached hydrogen (secondary N) is 1. The molecule has 1 atom stereocenters. The molecule has 1 aliphatic heterocycles. The molecule has 0 saturated heterocycles. The zero-order valence-electron chi connectivity index (χ0n) is 11.3. The molecule has 0 fully saturated rings. The predicted octanol–water partition coefficient (Wildman–Crippen LogP) is 0.400. The molecule has 20 heavy (non-hydrogen) atoms. The number of carbonyl (C=O) groups is 2. The molecule has 1 aromatic carbocycles. The van der Waals surface area contributed by atoms with Crippen molar-refractivity contribution in [1.29, 1.82) is 0 Å². The molecule has 2 amide bonds. The van der Waals surface area contributed by atoms with Crippen molar-refractivity contribution >= 4 is 27.3 Å². The second-order valence-corrected chi connectivity index (χ2v) is 7.24. The molecular formula is C13H16N2O4S. The van der Waals surface area contributed by atoms with Crippen LogP contribution in [0.1, 0.15) is 12.5 Å². The summed E-state index contributed by atoms with van der Waals surface area (Å²) in [5.74, 6) is -0.886. The highest BCUT2D eigenvalue weighted by atomic mass is 32.2. The van der Waals surface area contributed by atoms with Gasteiger partial charge in [0.05, 0.1) is 0 Å². The number of amides is 2. The Morgan fingerprint density at radius 3 is 2.60 bits per heavy atom. The summed E-state index contributed by atoms with van der Waals surface area (Å²) in [7, 11) is -3.48. The van der Waals surface area contributed by atoms with Gasteiger partial charge in [0.2, 0.25) is 11.8 Å². The van der Waals surface area contributed by atoms with E-state index < -0.39 is 21.0 Å². The van der Waals surface area contributed by atoms with Gasteiger partial charge >= 0.3 is 0 Å². The number of sulfone groups is 1. The number of benzene rings is 1. The van der Waals surface area contributed by atoms with Crippen LogP contribution in [0.3, 0.4) is 0 Å². The Kier molecular flexibility index (Phi) is 3.80. The first-order valence-electron chi connectivity index (χ1n) is 6.14. The minimum absolute atomic E-state index is 0.145. The van der Waals surface area contributed by atoms with E-state index in [2.05, 4.69) is 5.32 Å². The first kappa shape index (κ1) is 14.5. The molecule has 6 nitrogen and oxygen atoms in total. The number of rotatable bonds is 2. The zero-order valence-corrected chi connectivity index (χ0v) is 12.1. The van der Waals surface area contributed by atoms with E-state index in [1.165, 1.54) is 11.8 Å². The fourth-order valence-electron chi connectivity index (χ4n) is 2.00. The third-order valence-corrected chi connectivity index (χ3v) is 4.77. The molecule has 108 valence electrons. The summed E-state index contributed by atoms with van der Waals surface area (Å²) in [6, 6.07) is 7.14. The summed E-state index contributed by atoms with van der Waals surface area (Å²) < 4.78 is 23.0. The molecule has 0 saturated carbocycles. The molecule has 0 radical (unpaired) electrons. The average Bonchev–Trinajstić information content (AvgIpc) is 2.53. The lowest BCUT2D eigenvalue weighted by molar-refractivity contribution is -0.134. The summed E-state index contributed by atoms with van der Waals surface area (Å²) >= 11 is 0. The minimum atomic E-state index is -3.48. The summed E-state index contributed by atoms with van der Waals surface area (Å²) in [6.07, 6.45) is 1.02. The van der Waals surface area contributed by atoms with Crippen LogP contribution < -0.4 is 5.32 Å². The zero-order chi connectivity index (χ0) is 14.9. The summed E-state index contributed by atoms with van der Waals surface area (Å²) in [4.78, 5) is 25.3. The van der Waals surface area contributed by atoms with Gasteiger partial charge in [0, 0.05) is 18.5 Å². The lowest BCUT2D eigenvalue weighted by Gasteiger charge is -2.22. The van der Waals surface area contributed by atoms with Crippen LogP contribution in [0.15, 0.2) is 24.3 Å². The summed E-state index contributed by atoms with van der Waals surface area (Å²) in [5.41, 5.74) is 1.44. The van der Waals surface area contributed by atoms with Crippen LogP contribution in [0.25, 0.3) is 0 Å². The molecule has 1 N–H and O–H groups in total. The molecule has 1 heterocycles. The van der Waals surface area contributed by atoms with E-state index in [0.717, 1.165) is 11.8 Å². The van der Waals surface area contributed by atoms with Crippen LogP contribution in [0.4, 0.5) is 5.69 Å². The fourth-order valence-corrected chi connectivity index (χ4v) is 2.52. The van der Waals surface area contributed by atoms with E-state index in [0.29, 0.717) is 5.69 Å². The van der Waals surface area contributed by atoms with Crippen molar-refractivity contribution < 1.29 is 18.0 Å². The van der Waals surface area contributed by atoms with Gasteiger partial charge in [-0.05, 0) is 18.6 Å². The van der Waals surface area contributed by atoms with Gasteiger partial charge in [0.25, 0.3) is 0 Å². The maximum absolute atomic E-state index is 12.2. The van der Waals surface area contributed by atoms with Crippen molar-refractivity contribution in [2.75, 3.05) is 18.1 Å². The van der Waals surface area contributed by atoms with E-state index in [1.54, 1.807) is 24.3 Å². The van der Waals surface area contributed by atoms with Crippen molar-refractivity contribution in [3.63, 3.8) is 0 Å². The Morgan fingerprint density at radius 2 is 1.95 bits per heavy atom. The Morgan fingerprint density at radius 1 is 1.30 bits per heavy atom. The predicted molar refractivity (Wildman–Crippen MR) is 74.8 cm³/mol. The van der Waals surface area contributed by atoms with Gasteiger partial charge in [-0.3, -0.25) is 9.59 Å². The van der Waals surface area contributed by atoms with Crippen molar-refractivity contribution in [3.8, 4) is 0 Å². The number of fused-ring (bicyclic) bond motifs is 1. The highest BCUT2D eigenvalue weighted by Crippen LogP contribution is 2.21. The van der Waals surface area contributed by atoms with Crippen LogP contribution in [-0.2, 0) is 26.0 Å². The molecule has 1 aliphatic rings. The lowest BCUT2D eigenvalue weighted by atomic mass is 10.1. The number of hydrogen-bond donors (Lipinski definition) is 1. The van der Waals surface area contributed by atoms with Gasteiger partial charge in [-0.15, -0.1) is 0 Å². The number of para-hydroxylation sites is 1. The van der Waals surface area contributed by atoms with Crippen molar-refractivity contribution in [2.45, 2.75) is 18.7 Å². The van der Waals surface area contributed by atoms with Crippen molar-refractivity contribution in [3.05, 3.63) is 29.8 Å². The maximum Gasteiger partial charge on any atom is 0.244 e.